The van der Waals surface area contributed by atoms with E-state index in [-0.39, 0.29) is 30.4 Å². The Morgan fingerprint density at radius 2 is 1.91 bits per heavy atom. The fraction of sp³-hybridized carbons (Fsp3) is 0.375. The van der Waals surface area contributed by atoms with E-state index >= 15 is 0 Å². The zero-order valence-electron chi connectivity index (χ0n) is 18.4. The summed E-state index contributed by atoms with van der Waals surface area (Å²) in [5.41, 5.74) is 0.167. The summed E-state index contributed by atoms with van der Waals surface area (Å²) in [6.45, 7) is 0.594. The van der Waals surface area contributed by atoms with Crippen molar-refractivity contribution >= 4 is 35.0 Å². The molecular weight excluding hydrogens is 462 g/mol. The SMILES string of the molecule is COCCCN1C(=O)[C@@H]2[C@H](Cc3ccc(O)c(O)c3)N[C@@]3(C(=O)Nc4c(Cl)cccc43)[C@H]2C1=O. The summed E-state index contributed by atoms with van der Waals surface area (Å²) in [7, 11) is 1.55. The molecule has 5 rings (SSSR count). The number of amides is 3. The zero-order chi connectivity index (χ0) is 24.2. The van der Waals surface area contributed by atoms with Crippen molar-refractivity contribution in [3.8, 4) is 11.5 Å². The van der Waals surface area contributed by atoms with Crippen LogP contribution in [0, 0.1) is 11.8 Å². The Kier molecular flexibility index (Phi) is 5.50. The smallest absolute Gasteiger partial charge is 0.250 e. The second-order valence-electron chi connectivity index (χ2n) is 8.88. The number of anilines is 1. The van der Waals surface area contributed by atoms with Crippen LogP contribution in [0.3, 0.4) is 0 Å². The standard InChI is InChI=1S/C24H24ClN3O6/c1-34-9-3-8-28-21(31)18-15(10-12-6-7-16(29)17(30)11-12)27-24(19(18)22(28)32)13-4-2-5-14(25)20(13)26-23(24)33/h2,4-7,11,15,18-19,27,29-30H,3,8-10H2,1H3,(H,26,33)/t15-,18+,19+,24+/m0/s1. The van der Waals surface area contributed by atoms with E-state index in [0.29, 0.717) is 34.9 Å². The number of phenols is 2. The van der Waals surface area contributed by atoms with Crippen molar-refractivity contribution in [1.29, 1.82) is 0 Å². The van der Waals surface area contributed by atoms with Crippen molar-refractivity contribution in [2.75, 3.05) is 25.6 Å². The molecule has 2 saturated heterocycles. The van der Waals surface area contributed by atoms with Gasteiger partial charge in [0.25, 0.3) is 0 Å². The summed E-state index contributed by atoms with van der Waals surface area (Å²) in [5.74, 6) is -3.45. The van der Waals surface area contributed by atoms with Crippen LogP contribution >= 0.6 is 11.6 Å². The van der Waals surface area contributed by atoms with Gasteiger partial charge in [-0.2, -0.15) is 0 Å². The summed E-state index contributed by atoms with van der Waals surface area (Å²) in [6.07, 6.45) is 0.740. The Labute approximate surface area is 200 Å². The van der Waals surface area contributed by atoms with Gasteiger partial charge in [0.1, 0.15) is 5.54 Å². The Hall–Kier alpha value is -3.14. The number of aromatic hydroxyl groups is 2. The van der Waals surface area contributed by atoms with E-state index in [0.717, 1.165) is 0 Å². The van der Waals surface area contributed by atoms with E-state index in [2.05, 4.69) is 10.6 Å². The molecule has 3 amide bonds. The molecule has 3 aliphatic rings. The van der Waals surface area contributed by atoms with Crippen LogP contribution < -0.4 is 10.6 Å². The molecule has 9 nitrogen and oxygen atoms in total. The van der Waals surface area contributed by atoms with Crippen molar-refractivity contribution in [3.05, 3.63) is 52.5 Å². The quantitative estimate of drug-likeness (QED) is 0.279. The Bertz CT molecular complexity index is 1200. The van der Waals surface area contributed by atoms with Gasteiger partial charge in [-0.3, -0.25) is 24.6 Å². The molecule has 0 radical (unpaired) electrons. The van der Waals surface area contributed by atoms with Crippen LogP contribution in [0.2, 0.25) is 5.02 Å². The fourth-order valence-electron chi connectivity index (χ4n) is 5.57. The maximum Gasteiger partial charge on any atom is 0.250 e. The molecule has 1 spiro atoms. The van der Waals surface area contributed by atoms with Gasteiger partial charge in [0.15, 0.2) is 11.5 Å². The number of carbonyl (C=O) groups excluding carboxylic acids is 3. The minimum absolute atomic E-state index is 0.200. The lowest BCUT2D eigenvalue weighted by Crippen LogP contribution is -2.53. The predicted octanol–water partition coefficient (Wildman–Crippen LogP) is 1.75. The van der Waals surface area contributed by atoms with Crippen molar-refractivity contribution in [1.82, 2.24) is 10.2 Å². The average Bonchev–Trinajstić information content (AvgIpc) is 3.38. The molecule has 178 valence electrons. The van der Waals surface area contributed by atoms with E-state index in [4.69, 9.17) is 16.3 Å². The molecule has 34 heavy (non-hydrogen) atoms. The highest BCUT2D eigenvalue weighted by atomic mass is 35.5. The average molecular weight is 486 g/mol. The number of carbonyl (C=O) groups is 3. The molecule has 0 aliphatic carbocycles. The van der Waals surface area contributed by atoms with Gasteiger partial charge >= 0.3 is 0 Å². The number of nitrogens with zero attached hydrogens (tertiary/aromatic N) is 1. The first-order chi connectivity index (χ1) is 16.3. The molecule has 2 aromatic carbocycles. The van der Waals surface area contributed by atoms with Crippen LogP contribution in [0.5, 0.6) is 11.5 Å². The van der Waals surface area contributed by atoms with E-state index in [1.165, 1.54) is 17.0 Å². The highest BCUT2D eigenvalue weighted by Crippen LogP contribution is 2.54. The molecule has 3 heterocycles. The minimum atomic E-state index is -1.45. The third-order valence-electron chi connectivity index (χ3n) is 7.02. The Morgan fingerprint density at radius 3 is 2.65 bits per heavy atom. The number of fused-ring (bicyclic) bond motifs is 4. The number of hydrogen-bond acceptors (Lipinski definition) is 7. The maximum absolute atomic E-state index is 13.6. The normalized spacial score (nSPS) is 27.4. The number of ether oxygens (including phenoxy) is 1. The monoisotopic (exact) mass is 485 g/mol. The third kappa shape index (κ3) is 3.19. The fourth-order valence-corrected chi connectivity index (χ4v) is 5.79. The van der Waals surface area contributed by atoms with Gasteiger partial charge in [0, 0.05) is 31.9 Å². The second kappa shape index (κ2) is 8.26. The number of benzene rings is 2. The second-order valence-corrected chi connectivity index (χ2v) is 9.29. The van der Waals surface area contributed by atoms with Crippen molar-refractivity contribution in [3.63, 3.8) is 0 Å². The highest BCUT2D eigenvalue weighted by Gasteiger charge is 2.70. The third-order valence-corrected chi connectivity index (χ3v) is 7.33. The van der Waals surface area contributed by atoms with E-state index < -0.39 is 35.2 Å². The van der Waals surface area contributed by atoms with Gasteiger partial charge in [-0.1, -0.05) is 29.8 Å². The molecule has 10 heteroatoms. The van der Waals surface area contributed by atoms with Gasteiger partial charge in [-0.15, -0.1) is 0 Å². The summed E-state index contributed by atoms with van der Waals surface area (Å²) in [4.78, 5) is 41.8. The molecule has 0 unspecified atom stereocenters. The van der Waals surface area contributed by atoms with Crippen LogP contribution in [-0.2, 0) is 31.1 Å². The number of nitrogens with one attached hydrogen (secondary N) is 2. The number of rotatable bonds is 6. The van der Waals surface area contributed by atoms with E-state index in [1.807, 2.05) is 0 Å². The predicted molar refractivity (Wildman–Crippen MR) is 122 cm³/mol. The molecule has 3 aliphatic heterocycles. The molecule has 2 fully saturated rings. The summed E-state index contributed by atoms with van der Waals surface area (Å²) < 4.78 is 5.07. The number of likely N-dealkylation sites (tertiary alicyclic amines) is 1. The van der Waals surface area contributed by atoms with Crippen LogP contribution in [-0.4, -0.2) is 59.1 Å². The van der Waals surface area contributed by atoms with E-state index in [1.54, 1.807) is 31.4 Å². The number of hydrogen-bond donors (Lipinski definition) is 4. The van der Waals surface area contributed by atoms with Gasteiger partial charge < -0.3 is 20.3 Å². The first-order valence-electron chi connectivity index (χ1n) is 11.0. The van der Waals surface area contributed by atoms with Crippen LogP contribution in [0.15, 0.2) is 36.4 Å². The van der Waals surface area contributed by atoms with Crippen LogP contribution in [0.1, 0.15) is 17.5 Å². The number of phenolic OH excluding ortho intramolecular Hbond substituents is 2. The topological polar surface area (TPSA) is 128 Å². The molecule has 4 N–H and O–H groups in total. The van der Waals surface area contributed by atoms with Crippen molar-refractivity contribution in [2.24, 2.45) is 11.8 Å². The molecular formula is C24H24ClN3O6. The maximum atomic E-state index is 13.6. The highest BCUT2D eigenvalue weighted by molar-refractivity contribution is 6.35. The molecule has 0 saturated carbocycles. The molecule has 2 aromatic rings. The van der Waals surface area contributed by atoms with Gasteiger partial charge in [-0.05, 0) is 36.6 Å². The summed E-state index contributed by atoms with van der Waals surface area (Å²) in [6, 6.07) is 8.94. The lowest BCUT2D eigenvalue weighted by molar-refractivity contribution is -0.143. The number of halogens is 1. The lowest BCUT2D eigenvalue weighted by Gasteiger charge is -2.29. The largest absolute Gasteiger partial charge is 0.504 e. The molecule has 0 bridgehead atoms. The lowest BCUT2D eigenvalue weighted by atomic mass is 9.76. The van der Waals surface area contributed by atoms with Crippen molar-refractivity contribution < 1.29 is 29.3 Å². The number of imide groups is 1. The van der Waals surface area contributed by atoms with Gasteiger partial charge in [0.05, 0.1) is 22.5 Å². The van der Waals surface area contributed by atoms with Crippen LogP contribution in [0.4, 0.5) is 5.69 Å². The van der Waals surface area contributed by atoms with E-state index in [9.17, 15) is 24.6 Å². The van der Waals surface area contributed by atoms with Gasteiger partial charge in [-0.25, -0.2) is 0 Å². The van der Waals surface area contributed by atoms with Crippen LogP contribution in [0.25, 0.3) is 0 Å². The molecule has 0 aromatic heterocycles. The first kappa shape index (κ1) is 22.6. The summed E-state index contributed by atoms with van der Waals surface area (Å²) in [5, 5.41) is 26.1. The number of para-hydroxylation sites is 1. The minimum Gasteiger partial charge on any atom is -0.504 e. The Morgan fingerprint density at radius 1 is 1.12 bits per heavy atom. The summed E-state index contributed by atoms with van der Waals surface area (Å²) >= 11 is 6.35. The molecule has 4 atom stereocenters. The number of methoxy groups -OCH3 is 1. The first-order valence-corrected chi connectivity index (χ1v) is 11.4. The van der Waals surface area contributed by atoms with Gasteiger partial charge in [0.2, 0.25) is 17.7 Å². The Balaban J connectivity index is 1.58. The van der Waals surface area contributed by atoms with Crippen molar-refractivity contribution in [2.45, 2.75) is 24.4 Å². The zero-order valence-corrected chi connectivity index (χ0v) is 19.1.